The van der Waals surface area contributed by atoms with E-state index in [-0.39, 0.29) is 11.8 Å². The Morgan fingerprint density at radius 3 is 2.44 bits per heavy atom. The molecule has 0 saturated carbocycles. The minimum atomic E-state index is -3.23. The Balaban J connectivity index is 2.54. The third-order valence-corrected chi connectivity index (χ3v) is 3.23. The highest BCUT2D eigenvalue weighted by atomic mass is 32.2. The molecule has 18 heavy (non-hydrogen) atoms. The van der Waals surface area contributed by atoms with Crippen LogP contribution in [0.25, 0.3) is 0 Å². The van der Waals surface area contributed by atoms with Crippen LogP contribution in [0.5, 0.6) is 5.75 Å². The van der Waals surface area contributed by atoms with Gasteiger partial charge in [0, 0.05) is 13.2 Å². The second-order valence-corrected chi connectivity index (χ2v) is 6.03. The molecule has 6 heteroatoms. The molecule has 5 nitrogen and oxygen atoms in total. The summed E-state index contributed by atoms with van der Waals surface area (Å²) in [6.45, 7) is 0.338. The monoisotopic (exact) mass is 273 g/mol. The molecule has 0 saturated heterocycles. The zero-order valence-corrected chi connectivity index (χ0v) is 11.4. The topological polar surface area (TPSA) is 75.6 Å². The van der Waals surface area contributed by atoms with Crippen LogP contribution in [0.15, 0.2) is 24.3 Å². The molecule has 102 valence electrons. The number of aryl methyl sites for hydroxylation is 1. The number of ether oxygens (including phenoxy) is 1. The zero-order chi connectivity index (χ0) is 13.6. The summed E-state index contributed by atoms with van der Waals surface area (Å²) in [5, 5.41) is 9.16. The second-order valence-electron chi connectivity index (χ2n) is 4.25. The van der Waals surface area contributed by atoms with Gasteiger partial charge in [0.2, 0.25) is 10.0 Å². The lowest BCUT2D eigenvalue weighted by atomic mass is 10.1. The van der Waals surface area contributed by atoms with E-state index in [1.165, 1.54) is 7.11 Å². The SMILES string of the molecule is COC[C@H](CCc1ccc(O)cc1)NS(C)(=O)=O. The number of rotatable bonds is 7. The first-order valence-corrected chi connectivity index (χ1v) is 7.54. The molecule has 0 unspecified atom stereocenters. The molecule has 0 radical (unpaired) electrons. The number of sulfonamides is 1. The molecule has 0 aliphatic rings. The van der Waals surface area contributed by atoms with E-state index in [0.29, 0.717) is 13.0 Å². The van der Waals surface area contributed by atoms with Gasteiger partial charge in [-0.25, -0.2) is 13.1 Å². The van der Waals surface area contributed by atoms with Crippen molar-refractivity contribution in [1.82, 2.24) is 4.72 Å². The summed E-state index contributed by atoms with van der Waals surface area (Å²) in [7, 11) is -1.69. The highest BCUT2D eigenvalue weighted by Crippen LogP contribution is 2.12. The van der Waals surface area contributed by atoms with Crippen molar-refractivity contribution in [2.45, 2.75) is 18.9 Å². The summed E-state index contributed by atoms with van der Waals surface area (Å²) in [5.74, 6) is 0.224. The highest BCUT2D eigenvalue weighted by Gasteiger charge is 2.13. The van der Waals surface area contributed by atoms with Gasteiger partial charge in [-0.15, -0.1) is 0 Å². The number of aromatic hydroxyl groups is 1. The molecule has 0 heterocycles. The van der Waals surface area contributed by atoms with Gasteiger partial charge in [0.15, 0.2) is 0 Å². The van der Waals surface area contributed by atoms with E-state index in [9.17, 15) is 8.42 Å². The van der Waals surface area contributed by atoms with Gasteiger partial charge in [0.1, 0.15) is 5.75 Å². The van der Waals surface area contributed by atoms with Crippen LogP contribution in [0.4, 0.5) is 0 Å². The number of nitrogens with one attached hydrogen (secondary N) is 1. The first kappa shape index (κ1) is 14.9. The number of hydrogen-bond acceptors (Lipinski definition) is 4. The lowest BCUT2D eigenvalue weighted by molar-refractivity contribution is 0.171. The van der Waals surface area contributed by atoms with E-state index < -0.39 is 10.0 Å². The Bertz CT molecular complexity index is 455. The molecule has 0 aliphatic heterocycles. The van der Waals surface area contributed by atoms with Crippen LogP contribution in [-0.2, 0) is 21.2 Å². The number of phenolic OH excluding ortho intramolecular Hbond substituents is 1. The summed E-state index contributed by atoms with van der Waals surface area (Å²) < 4.78 is 29.9. The van der Waals surface area contributed by atoms with Crippen LogP contribution >= 0.6 is 0 Å². The van der Waals surface area contributed by atoms with Gasteiger partial charge >= 0.3 is 0 Å². The molecule has 1 rings (SSSR count). The third kappa shape index (κ3) is 6.00. The Morgan fingerprint density at radius 1 is 1.33 bits per heavy atom. The van der Waals surface area contributed by atoms with Crippen LogP contribution in [0.1, 0.15) is 12.0 Å². The van der Waals surface area contributed by atoms with Crippen molar-refractivity contribution in [3.05, 3.63) is 29.8 Å². The smallest absolute Gasteiger partial charge is 0.209 e. The van der Waals surface area contributed by atoms with E-state index in [2.05, 4.69) is 4.72 Å². The maximum atomic E-state index is 11.2. The lowest BCUT2D eigenvalue weighted by Gasteiger charge is -2.16. The second kappa shape index (κ2) is 6.72. The Hall–Kier alpha value is -1.11. The highest BCUT2D eigenvalue weighted by molar-refractivity contribution is 7.88. The van der Waals surface area contributed by atoms with Crippen LogP contribution in [-0.4, -0.2) is 39.5 Å². The maximum absolute atomic E-state index is 11.2. The quantitative estimate of drug-likeness (QED) is 0.773. The summed E-state index contributed by atoms with van der Waals surface area (Å²) >= 11 is 0. The largest absolute Gasteiger partial charge is 0.508 e. The van der Waals surface area contributed by atoms with Crippen LogP contribution in [0, 0.1) is 0 Å². The fourth-order valence-corrected chi connectivity index (χ4v) is 2.48. The summed E-state index contributed by atoms with van der Waals surface area (Å²) in [4.78, 5) is 0. The Labute approximate surface area is 108 Å². The zero-order valence-electron chi connectivity index (χ0n) is 10.6. The van der Waals surface area contributed by atoms with E-state index in [1.54, 1.807) is 12.1 Å². The summed E-state index contributed by atoms with van der Waals surface area (Å²) in [5.41, 5.74) is 1.05. The summed E-state index contributed by atoms with van der Waals surface area (Å²) in [6.07, 6.45) is 2.50. The van der Waals surface area contributed by atoms with Gasteiger partial charge in [-0.3, -0.25) is 0 Å². The van der Waals surface area contributed by atoms with Crippen molar-refractivity contribution in [2.75, 3.05) is 20.0 Å². The normalized spacial score (nSPS) is 13.4. The first-order chi connectivity index (χ1) is 8.40. The lowest BCUT2D eigenvalue weighted by Crippen LogP contribution is -2.37. The van der Waals surface area contributed by atoms with Gasteiger partial charge in [-0.2, -0.15) is 0 Å². The first-order valence-electron chi connectivity index (χ1n) is 5.65. The predicted molar refractivity (Wildman–Crippen MR) is 70.1 cm³/mol. The summed E-state index contributed by atoms with van der Waals surface area (Å²) in [6, 6.07) is 6.63. The van der Waals surface area contributed by atoms with E-state index in [0.717, 1.165) is 18.2 Å². The number of methoxy groups -OCH3 is 1. The fraction of sp³-hybridized carbons (Fsp3) is 0.500. The molecule has 2 N–H and O–H groups in total. The minimum absolute atomic E-state index is 0.224. The van der Waals surface area contributed by atoms with Crippen molar-refractivity contribution in [3.63, 3.8) is 0 Å². The Kier molecular flexibility index (Phi) is 5.58. The molecular weight excluding hydrogens is 254 g/mol. The van der Waals surface area contributed by atoms with Gasteiger partial charge in [0.25, 0.3) is 0 Å². The molecule has 1 aromatic rings. The minimum Gasteiger partial charge on any atom is -0.508 e. The van der Waals surface area contributed by atoms with Crippen molar-refractivity contribution >= 4 is 10.0 Å². The molecule has 0 amide bonds. The third-order valence-electron chi connectivity index (χ3n) is 2.47. The predicted octanol–water partition coefficient (Wildman–Crippen LogP) is 0.889. The number of benzene rings is 1. The molecule has 1 aromatic carbocycles. The molecule has 0 bridgehead atoms. The number of hydrogen-bond donors (Lipinski definition) is 2. The van der Waals surface area contributed by atoms with Crippen molar-refractivity contribution in [1.29, 1.82) is 0 Å². The molecule has 0 spiro atoms. The van der Waals surface area contributed by atoms with E-state index >= 15 is 0 Å². The van der Waals surface area contributed by atoms with E-state index in [4.69, 9.17) is 9.84 Å². The van der Waals surface area contributed by atoms with Gasteiger partial charge in [-0.05, 0) is 30.5 Å². The van der Waals surface area contributed by atoms with Gasteiger partial charge in [-0.1, -0.05) is 12.1 Å². The van der Waals surface area contributed by atoms with Crippen LogP contribution < -0.4 is 4.72 Å². The standard InChI is InChI=1S/C12H19NO4S/c1-17-9-11(13-18(2,15)16)6-3-10-4-7-12(14)8-5-10/h4-5,7-8,11,13-14H,3,6,9H2,1-2H3/t11-/m0/s1. The maximum Gasteiger partial charge on any atom is 0.209 e. The van der Waals surface area contributed by atoms with E-state index in [1.807, 2.05) is 12.1 Å². The molecule has 1 atom stereocenters. The Morgan fingerprint density at radius 2 is 1.94 bits per heavy atom. The molecular formula is C12H19NO4S. The molecule has 0 fully saturated rings. The molecule has 0 aliphatic carbocycles. The van der Waals surface area contributed by atoms with Gasteiger partial charge < -0.3 is 9.84 Å². The number of phenols is 1. The van der Waals surface area contributed by atoms with Crippen molar-refractivity contribution in [2.24, 2.45) is 0 Å². The van der Waals surface area contributed by atoms with Crippen molar-refractivity contribution in [3.8, 4) is 5.75 Å². The molecule has 0 aromatic heterocycles. The van der Waals surface area contributed by atoms with Gasteiger partial charge in [0.05, 0.1) is 12.9 Å². The fourth-order valence-electron chi connectivity index (χ4n) is 1.68. The van der Waals surface area contributed by atoms with Crippen molar-refractivity contribution < 1.29 is 18.3 Å². The van der Waals surface area contributed by atoms with Crippen LogP contribution in [0.2, 0.25) is 0 Å². The average Bonchev–Trinajstić information content (AvgIpc) is 2.26. The average molecular weight is 273 g/mol. The van der Waals surface area contributed by atoms with Crippen LogP contribution in [0.3, 0.4) is 0 Å².